The van der Waals surface area contributed by atoms with Gasteiger partial charge in [0.2, 0.25) is 0 Å². The van der Waals surface area contributed by atoms with Gasteiger partial charge in [-0.25, -0.2) is 0 Å². The van der Waals surface area contributed by atoms with Gasteiger partial charge in [-0.15, -0.1) is 0 Å². The molecule has 2 heterocycles. The zero-order chi connectivity index (χ0) is 21.1. The third-order valence-electron chi connectivity index (χ3n) is 5.50. The van der Waals surface area contributed by atoms with Gasteiger partial charge in [0.1, 0.15) is 11.9 Å². The molecule has 0 radical (unpaired) electrons. The van der Waals surface area contributed by atoms with E-state index >= 15 is 0 Å². The van der Waals surface area contributed by atoms with E-state index in [9.17, 15) is 4.79 Å². The van der Waals surface area contributed by atoms with Gasteiger partial charge in [0, 0.05) is 37.8 Å². The van der Waals surface area contributed by atoms with Crippen LogP contribution in [0.1, 0.15) is 28.8 Å². The molecule has 0 saturated carbocycles. The number of amides is 1. The van der Waals surface area contributed by atoms with Gasteiger partial charge in [-0.05, 0) is 71.2 Å². The minimum Gasteiger partial charge on any atom is -0.488 e. The summed E-state index contributed by atoms with van der Waals surface area (Å²) in [5.74, 6) is 0.770. The first-order chi connectivity index (χ1) is 14.5. The molecule has 2 aromatic carbocycles. The number of halogens is 3. The van der Waals surface area contributed by atoms with Crippen LogP contribution in [-0.2, 0) is 6.54 Å². The fourth-order valence-electron chi connectivity index (χ4n) is 3.90. The number of benzene rings is 2. The fourth-order valence-corrected chi connectivity index (χ4v) is 4.72. The minimum absolute atomic E-state index is 0.118. The topological polar surface area (TPSA) is 53.6 Å². The molecule has 2 aliphatic rings. The quantitative estimate of drug-likeness (QED) is 0.598. The van der Waals surface area contributed by atoms with Crippen molar-refractivity contribution < 1.29 is 9.53 Å². The second-order valence-electron chi connectivity index (χ2n) is 7.82. The molecule has 0 spiro atoms. The molecule has 2 unspecified atom stereocenters. The first-order valence-corrected chi connectivity index (χ1v) is 11.7. The van der Waals surface area contributed by atoms with Crippen LogP contribution in [0.15, 0.2) is 40.9 Å². The van der Waals surface area contributed by atoms with Crippen LogP contribution in [0.5, 0.6) is 5.75 Å². The van der Waals surface area contributed by atoms with Crippen molar-refractivity contribution in [3.63, 3.8) is 0 Å². The molecule has 2 aliphatic heterocycles. The number of nitrogens with one attached hydrogen (secondary N) is 2. The normalized spacial score (nSPS) is 21.7. The summed E-state index contributed by atoms with van der Waals surface area (Å²) in [6.07, 6.45) is 2.20. The van der Waals surface area contributed by atoms with Gasteiger partial charge < -0.3 is 15.4 Å². The van der Waals surface area contributed by atoms with Crippen molar-refractivity contribution in [2.75, 3.05) is 26.2 Å². The van der Waals surface area contributed by atoms with E-state index in [0.29, 0.717) is 15.6 Å². The lowest BCUT2D eigenvalue weighted by Gasteiger charge is -2.18. The number of rotatable bonds is 6. The van der Waals surface area contributed by atoms with Crippen LogP contribution >= 0.6 is 39.1 Å². The van der Waals surface area contributed by atoms with E-state index in [1.54, 1.807) is 18.2 Å². The van der Waals surface area contributed by atoms with E-state index in [2.05, 4.69) is 43.6 Å². The number of carbonyl (C=O) groups is 1. The van der Waals surface area contributed by atoms with Crippen molar-refractivity contribution in [3.8, 4) is 5.75 Å². The second-order valence-corrected chi connectivity index (χ2v) is 9.49. The van der Waals surface area contributed by atoms with Gasteiger partial charge in [-0.1, -0.05) is 29.3 Å². The van der Waals surface area contributed by atoms with Gasteiger partial charge >= 0.3 is 0 Å². The predicted octanol–water partition coefficient (Wildman–Crippen LogP) is 4.50. The Morgan fingerprint density at radius 1 is 1.20 bits per heavy atom. The summed E-state index contributed by atoms with van der Waals surface area (Å²) in [4.78, 5) is 14.8. The molecule has 4 rings (SSSR count). The maximum atomic E-state index is 12.5. The van der Waals surface area contributed by atoms with E-state index in [1.807, 2.05) is 6.07 Å². The third kappa shape index (κ3) is 5.48. The number of carbonyl (C=O) groups excluding carboxylic acids is 1. The molecule has 2 aromatic rings. The van der Waals surface area contributed by atoms with Crippen molar-refractivity contribution in [3.05, 3.63) is 62.0 Å². The van der Waals surface area contributed by atoms with Crippen LogP contribution in [0, 0.1) is 0 Å². The van der Waals surface area contributed by atoms with Gasteiger partial charge in [-0.3, -0.25) is 9.69 Å². The van der Waals surface area contributed by atoms with Crippen molar-refractivity contribution in [2.45, 2.75) is 31.5 Å². The predicted molar refractivity (Wildman–Crippen MR) is 124 cm³/mol. The Bertz CT molecular complexity index is 921. The highest BCUT2D eigenvalue weighted by Gasteiger charge is 2.25. The lowest BCUT2D eigenvalue weighted by molar-refractivity contribution is 0.0937. The largest absolute Gasteiger partial charge is 0.488 e. The van der Waals surface area contributed by atoms with Gasteiger partial charge in [-0.2, -0.15) is 0 Å². The lowest BCUT2D eigenvalue weighted by Crippen LogP contribution is -2.37. The molecule has 0 aromatic heterocycles. The Balaban J connectivity index is 1.29. The Hall–Kier alpha value is -1.31. The number of hydrogen-bond acceptors (Lipinski definition) is 4. The standard InChI is InChI=1S/C22H24BrCl2N3O2/c23-18-9-14(1-4-21(18)30-17-5-7-26-11-17)12-28-8-6-16(13-28)27-22(29)15-2-3-19(24)20(25)10-15/h1-4,9-10,16-17,26H,5-8,11-13H2,(H,27,29). The van der Waals surface area contributed by atoms with E-state index in [1.165, 1.54) is 5.56 Å². The van der Waals surface area contributed by atoms with Crippen molar-refractivity contribution >= 4 is 45.0 Å². The van der Waals surface area contributed by atoms with Gasteiger partial charge in [0.05, 0.1) is 14.5 Å². The monoisotopic (exact) mass is 511 g/mol. The number of hydrogen-bond donors (Lipinski definition) is 2. The summed E-state index contributed by atoms with van der Waals surface area (Å²) in [7, 11) is 0. The van der Waals surface area contributed by atoms with Crippen molar-refractivity contribution in [1.82, 2.24) is 15.5 Å². The second kappa shape index (κ2) is 9.88. The lowest BCUT2D eigenvalue weighted by atomic mass is 10.2. The average molecular weight is 513 g/mol. The molecule has 2 saturated heterocycles. The molecule has 0 aliphatic carbocycles. The summed E-state index contributed by atoms with van der Waals surface area (Å²) in [5.41, 5.74) is 1.75. The van der Waals surface area contributed by atoms with Crippen LogP contribution in [0.2, 0.25) is 10.0 Å². The Kier molecular flexibility index (Phi) is 7.21. The van der Waals surface area contributed by atoms with Crippen molar-refractivity contribution in [2.24, 2.45) is 0 Å². The summed E-state index contributed by atoms with van der Waals surface area (Å²) in [6, 6.07) is 11.3. The van der Waals surface area contributed by atoms with Crippen molar-refractivity contribution in [1.29, 1.82) is 0 Å². The minimum atomic E-state index is -0.119. The first-order valence-electron chi connectivity index (χ1n) is 10.1. The summed E-state index contributed by atoms with van der Waals surface area (Å²) >= 11 is 15.6. The Morgan fingerprint density at radius 2 is 2.07 bits per heavy atom. The molecular formula is C22H24BrCl2N3O2. The molecular weight excluding hydrogens is 489 g/mol. The van der Waals surface area contributed by atoms with Gasteiger partial charge in [0.15, 0.2) is 0 Å². The smallest absolute Gasteiger partial charge is 0.251 e. The van der Waals surface area contributed by atoms with E-state index in [-0.39, 0.29) is 18.1 Å². The maximum Gasteiger partial charge on any atom is 0.251 e. The highest BCUT2D eigenvalue weighted by atomic mass is 79.9. The van der Waals surface area contributed by atoms with Crippen LogP contribution < -0.4 is 15.4 Å². The zero-order valence-corrected chi connectivity index (χ0v) is 19.6. The molecule has 5 nitrogen and oxygen atoms in total. The van der Waals surface area contributed by atoms with Crippen LogP contribution in [0.3, 0.4) is 0 Å². The fraction of sp³-hybridized carbons (Fsp3) is 0.409. The molecule has 1 amide bonds. The Morgan fingerprint density at radius 3 is 2.80 bits per heavy atom. The molecule has 0 bridgehead atoms. The number of nitrogens with zero attached hydrogens (tertiary/aromatic N) is 1. The van der Waals surface area contributed by atoms with Crippen LogP contribution in [0.25, 0.3) is 0 Å². The SMILES string of the molecule is O=C(NC1CCN(Cc2ccc(OC3CCNC3)c(Br)c2)C1)c1ccc(Cl)c(Cl)c1. The highest BCUT2D eigenvalue weighted by molar-refractivity contribution is 9.10. The highest BCUT2D eigenvalue weighted by Crippen LogP contribution is 2.29. The first kappa shape index (κ1) is 21.9. The number of likely N-dealkylation sites (tertiary alicyclic amines) is 1. The average Bonchev–Trinajstić information content (AvgIpc) is 3.38. The van der Waals surface area contributed by atoms with Crippen LogP contribution in [0.4, 0.5) is 0 Å². The maximum absolute atomic E-state index is 12.5. The number of ether oxygens (including phenoxy) is 1. The zero-order valence-electron chi connectivity index (χ0n) is 16.5. The summed E-state index contributed by atoms with van der Waals surface area (Å²) < 4.78 is 7.04. The Labute approximate surface area is 195 Å². The molecule has 2 N–H and O–H groups in total. The van der Waals surface area contributed by atoms with E-state index < -0.39 is 0 Å². The molecule has 30 heavy (non-hydrogen) atoms. The molecule has 8 heteroatoms. The van der Waals surface area contributed by atoms with Crippen LogP contribution in [-0.4, -0.2) is 49.1 Å². The molecule has 2 atom stereocenters. The van der Waals surface area contributed by atoms with E-state index in [4.69, 9.17) is 27.9 Å². The van der Waals surface area contributed by atoms with Gasteiger partial charge in [0.25, 0.3) is 5.91 Å². The third-order valence-corrected chi connectivity index (χ3v) is 6.86. The molecule has 2 fully saturated rings. The van der Waals surface area contributed by atoms with E-state index in [0.717, 1.165) is 55.8 Å². The summed E-state index contributed by atoms with van der Waals surface area (Å²) in [6.45, 7) is 4.50. The molecule has 160 valence electrons. The summed E-state index contributed by atoms with van der Waals surface area (Å²) in [5, 5.41) is 7.25.